The number of ether oxygens (including phenoxy) is 2. The van der Waals surface area contributed by atoms with Crippen LogP contribution in [0.1, 0.15) is 60.3 Å². The molecule has 2 N–H and O–H groups in total. The van der Waals surface area contributed by atoms with E-state index in [0.29, 0.717) is 25.0 Å². The van der Waals surface area contributed by atoms with Crippen LogP contribution in [0.25, 0.3) is 0 Å². The van der Waals surface area contributed by atoms with Crippen molar-refractivity contribution in [3.8, 4) is 0 Å². The highest BCUT2D eigenvalue weighted by molar-refractivity contribution is 14.0. The maximum absolute atomic E-state index is 12.2. The van der Waals surface area contributed by atoms with Gasteiger partial charge in [0.2, 0.25) is 0 Å². The molecule has 0 heterocycles. The second-order valence-electron chi connectivity index (χ2n) is 8.28. The smallest absolute Gasteiger partial charge is 0.410 e. The zero-order chi connectivity index (χ0) is 20.3. The van der Waals surface area contributed by atoms with Gasteiger partial charge in [0, 0.05) is 46.4 Å². The van der Waals surface area contributed by atoms with Crippen molar-refractivity contribution >= 4 is 36.0 Å². The fraction of sp³-hybridized carbons (Fsp3) is 0.900. The molecule has 0 aliphatic heterocycles. The van der Waals surface area contributed by atoms with Crippen molar-refractivity contribution in [3.63, 3.8) is 0 Å². The number of hydrogen-bond acceptors (Lipinski definition) is 4. The average molecular weight is 512 g/mol. The lowest BCUT2D eigenvalue weighted by Crippen LogP contribution is -2.45. The average Bonchev–Trinajstić information content (AvgIpc) is 2.55. The molecule has 0 bridgehead atoms. The van der Waals surface area contributed by atoms with Crippen LogP contribution in [0.5, 0.6) is 0 Å². The molecule has 1 saturated carbocycles. The highest BCUT2D eigenvalue weighted by Gasteiger charge is 2.36. The first kappa shape index (κ1) is 27.2. The Labute approximate surface area is 188 Å². The predicted molar refractivity (Wildman–Crippen MR) is 126 cm³/mol. The minimum atomic E-state index is -0.479. The number of rotatable bonds is 10. The van der Waals surface area contributed by atoms with Gasteiger partial charge >= 0.3 is 6.09 Å². The molecule has 1 aliphatic rings. The molecule has 0 atom stereocenters. The molecule has 8 heteroatoms. The molecule has 1 rings (SSSR count). The number of nitrogens with one attached hydrogen (secondary N) is 2. The molecule has 0 radical (unpaired) electrons. The number of nitrogens with zero attached hydrogens (tertiary/aromatic N) is 2. The number of carbonyl (C=O) groups excluding carboxylic acids is 1. The van der Waals surface area contributed by atoms with Crippen LogP contribution in [0.15, 0.2) is 4.99 Å². The number of methoxy groups -OCH3 is 1. The zero-order valence-corrected chi connectivity index (χ0v) is 20.9. The molecular formula is C20H41IN4O3. The first-order valence-electron chi connectivity index (χ1n) is 10.2. The topological polar surface area (TPSA) is 75.2 Å². The van der Waals surface area contributed by atoms with Gasteiger partial charge in [0.1, 0.15) is 5.60 Å². The van der Waals surface area contributed by atoms with Gasteiger partial charge in [0.25, 0.3) is 0 Å². The van der Waals surface area contributed by atoms with E-state index < -0.39 is 5.60 Å². The fourth-order valence-electron chi connectivity index (χ4n) is 3.09. The highest BCUT2D eigenvalue weighted by atomic mass is 127. The number of halogens is 1. The van der Waals surface area contributed by atoms with Gasteiger partial charge in [-0.3, -0.25) is 4.99 Å². The molecule has 0 aromatic rings. The van der Waals surface area contributed by atoms with Gasteiger partial charge in [-0.2, -0.15) is 0 Å². The fourth-order valence-corrected chi connectivity index (χ4v) is 3.09. The summed E-state index contributed by atoms with van der Waals surface area (Å²) in [5.41, 5.74) is -0.183. The lowest BCUT2D eigenvalue weighted by molar-refractivity contribution is 0.0264. The standard InChI is InChI=1S/C20H40N4O3.HI/c1-7-21-17(23-16-20(10-9-11-20)12-15-26-6)22-13-14-24(8-2)18(25)27-19(3,4)5;/h7-16H2,1-6H3,(H2,21,22,23);1H. The van der Waals surface area contributed by atoms with Crippen molar-refractivity contribution < 1.29 is 14.3 Å². The first-order chi connectivity index (χ1) is 12.7. The van der Waals surface area contributed by atoms with E-state index in [0.717, 1.165) is 32.1 Å². The van der Waals surface area contributed by atoms with Crippen LogP contribution in [0, 0.1) is 5.41 Å². The normalized spacial score (nSPS) is 15.9. The van der Waals surface area contributed by atoms with Gasteiger partial charge < -0.3 is 25.0 Å². The molecule has 1 amide bonds. The van der Waals surface area contributed by atoms with Gasteiger partial charge in [-0.1, -0.05) is 6.42 Å². The molecule has 0 spiro atoms. The Balaban J connectivity index is 0.00000729. The molecule has 7 nitrogen and oxygen atoms in total. The van der Waals surface area contributed by atoms with Crippen molar-refractivity contribution in [1.82, 2.24) is 15.5 Å². The predicted octanol–water partition coefficient (Wildman–Crippen LogP) is 3.62. The number of aliphatic imine (C=N–C) groups is 1. The molecule has 0 aromatic heterocycles. The second-order valence-corrected chi connectivity index (χ2v) is 8.28. The maximum atomic E-state index is 12.2. The lowest BCUT2D eigenvalue weighted by Gasteiger charge is -2.40. The van der Waals surface area contributed by atoms with E-state index in [-0.39, 0.29) is 30.1 Å². The van der Waals surface area contributed by atoms with E-state index in [1.807, 2.05) is 27.7 Å². The summed E-state index contributed by atoms with van der Waals surface area (Å²) in [6.07, 6.45) is 4.52. The van der Waals surface area contributed by atoms with Crippen LogP contribution in [0.4, 0.5) is 4.79 Å². The zero-order valence-electron chi connectivity index (χ0n) is 18.6. The van der Waals surface area contributed by atoms with Crippen molar-refractivity contribution in [3.05, 3.63) is 0 Å². The van der Waals surface area contributed by atoms with E-state index in [1.165, 1.54) is 19.3 Å². The molecule has 0 saturated heterocycles. The van der Waals surface area contributed by atoms with Gasteiger partial charge in [-0.05, 0) is 59.3 Å². The quantitative estimate of drug-likeness (QED) is 0.266. The van der Waals surface area contributed by atoms with Crippen LogP contribution in [0.2, 0.25) is 0 Å². The third-order valence-electron chi connectivity index (χ3n) is 4.88. The van der Waals surface area contributed by atoms with Gasteiger partial charge in [-0.25, -0.2) is 4.79 Å². The number of amides is 1. The minimum absolute atomic E-state index is 0. The van der Waals surface area contributed by atoms with E-state index in [4.69, 9.17) is 14.5 Å². The Kier molecular flexibility index (Phi) is 13.1. The van der Waals surface area contributed by atoms with Crippen molar-refractivity contribution in [1.29, 1.82) is 0 Å². The Morgan fingerprint density at radius 3 is 2.36 bits per heavy atom. The summed E-state index contributed by atoms with van der Waals surface area (Å²) in [4.78, 5) is 18.7. The van der Waals surface area contributed by atoms with Crippen LogP contribution >= 0.6 is 24.0 Å². The third kappa shape index (κ3) is 10.1. The van der Waals surface area contributed by atoms with E-state index in [1.54, 1.807) is 12.0 Å². The molecule has 1 aliphatic carbocycles. The van der Waals surface area contributed by atoms with Crippen molar-refractivity contribution in [2.24, 2.45) is 10.4 Å². The van der Waals surface area contributed by atoms with E-state index in [2.05, 4.69) is 17.6 Å². The number of guanidine groups is 1. The second kappa shape index (κ2) is 13.5. The molecule has 1 fully saturated rings. The van der Waals surface area contributed by atoms with Gasteiger partial charge in [-0.15, -0.1) is 24.0 Å². The molecule has 166 valence electrons. The third-order valence-corrected chi connectivity index (χ3v) is 4.88. The summed E-state index contributed by atoms with van der Waals surface area (Å²) < 4.78 is 10.7. The van der Waals surface area contributed by atoms with Gasteiger partial charge in [0.05, 0.1) is 0 Å². The van der Waals surface area contributed by atoms with Crippen molar-refractivity contribution in [2.75, 3.05) is 46.4 Å². The molecule has 28 heavy (non-hydrogen) atoms. The summed E-state index contributed by atoms with van der Waals surface area (Å²) >= 11 is 0. The maximum Gasteiger partial charge on any atom is 0.410 e. The van der Waals surface area contributed by atoms with E-state index >= 15 is 0 Å². The van der Waals surface area contributed by atoms with Crippen LogP contribution in [0.3, 0.4) is 0 Å². The Morgan fingerprint density at radius 2 is 1.89 bits per heavy atom. The van der Waals surface area contributed by atoms with Crippen LogP contribution in [-0.2, 0) is 9.47 Å². The molecular weight excluding hydrogens is 471 g/mol. The Morgan fingerprint density at radius 1 is 1.21 bits per heavy atom. The largest absolute Gasteiger partial charge is 0.444 e. The summed E-state index contributed by atoms with van der Waals surface area (Å²) in [6, 6.07) is 0. The van der Waals surface area contributed by atoms with Gasteiger partial charge in [0.15, 0.2) is 5.96 Å². The molecule has 0 unspecified atom stereocenters. The first-order valence-corrected chi connectivity index (χ1v) is 10.2. The highest BCUT2D eigenvalue weighted by Crippen LogP contribution is 2.44. The number of carbonyl (C=O) groups is 1. The Hall–Kier alpha value is -0.770. The lowest BCUT2D eigenvalue weighted by atomic mass is 9.67. The van der Waals surface area contributed by atoms with Crippen molar-refractivity contribution in [2.45, 2.75) is 65.9 Å². The van der Waals surface area contributed by atoms with E-state index in [9.17, 15) is 4.79 Å². The summed E-state index contributed by atoms with van der Waals surface area (Å²) in [7, 11) is 1.76. The summed E-state index contributed by atoms with van der Waals surface area (Å²) in [6.45, 7) is 13.9. The summed E-state index contributed by atoms with van der Waals surface area (Å²) in [5.74, 6) is 0.807. The number of hydrogen-bond donors (Lipinski definition) is 2. The SMILES string of the molecule is CCNC(=NCC1(CCOC)CCC1)NCCN(CC)C(=O)OC(C)(C)C.I. The monoisotopic (exact) mass is 512 g/mol. The summed E-state index contributed by atoms with van der Waals surface area (Å²) in [5, 5.41) is 6.63. The molecule has 0 aromatic carbocycles. The van der Waals surface area contributed by atoms with Crippen LogP contribution < -0.4 is 10.6 Å². The minimum Gasteiger partial charge on any atom is -0.444 e. The number of likely N-dealkylation sites (N-methyl/N-ethyl adjacent to an activating group) is 1. The Bertz CT molecular complexity index is 477. The van der Waals surface area contributed by atoms with Crippen LogP contribution in [-0.4, -0.2) is 69.0 Å².